The minimum atomic E-state index is 0.107. The van der Waals surface area contributed by atoms with Gasteiger partial charge in [0.2, 0.25) is 0 Å². The van der Waals surface area contributed by atoms with Crippen molar-refractivity contribution in [2.24, 2.45) is 0 Å². The lowest BCUT2D eigenvalue weighted by Gasteiger charge is -2.19. The van der Waals surface area contributed by atoms with Crippen molar-refractivity contribution in [1.29, 1.82) is 0 Å². The molecule has 0 aliphatic carbocycles. The van der Waals surface area contributed by atoms with Crippen LogP contribution in [0.15, 0.2) is 24.5 Å². The Hall–Kier alpha value is -1.70. The first-order valence-corrected chi connectivity index (χ1v) is 9.09. The number of hydrogen-bond donors (Lipinski definition) is 1. The third-order valence-electron chi connectivity index (χ3n) is 4.56. The number of hydrogen-bond acceptors (Lipinski definition) is 7. The molecule has 2 aromatic rings. The second-order valence-corrected chi connectivity index (χ2v) is 7.55. The molecule has 0 spiro atoms. The molecule has 0 bridgehead atoms. The molecule has 0 saturated carbocycles. The Kier molecular flexibility index (Phi) is 4.39. The van der Waals surface area contributed by atoms with Crippen LogP contribution < -0.4 is 10.2 Å². The third kappa shape index (κ3) is 3.24. The van der Waals surface area contributed by atoms with Crippen molar-refractivity contribution in [3.8, 4) is 0 Å². The summed E-state index contributed by atoms with van der Waals surface area (Å²) < 4.78 is 12.3. The Morgan fingerprint density at radius 2 is 1.96 bits per heavy atom. The summed E-state index contributed by atoms with van der Waals surface area (Å²) in [5.74, 6) is 0. The maximum atomic E-state index is 6.13. The maximum Gasteiger partial charge on any atom is 0.185 e. The van der Waals surface area contributed by atoms with Crippen molar-refractivity contribution < 1.29 is 9.47 Å². The highest BCUT2D eigenvalue weighted by molar-refractivity contribution is 7.15. The Morgan fingerprint density at radius 1 is 1.21 bits per heavy atom. The molecule has 2 saturated heterocycles. The largest absolute Gasteiger partial charge is 0.376 e. The van der Waals surface area contributed by atoms with E-state index in [1.807, 2.05) is 18.3 Å². The van der Waals surface area contributed by atoms with Gasteiger partial charge >= 0.3 is 0 Å². The van der Waals surface area contributed by atoms with Crippen LogP contribution in [0.2, 0.25) is 0 Å². The molecule has 2 aliphatic heterocycles. The van der Waals surface area contributed by atoms with Gasteiger partial charge in [0, 0.05) is 30.4 Å². The van der Waals surface area contributed by atoms with Crippen molar-refractivity contribution in [2.75, 3.05) is 36.5 Å². The minimum absolute atomic E-state index is 0.107. The first-order chi connectivity index (χ1) is 11.7. The van der Waals surface area contributed by atoms with E-state index in [1.165, 1.54) is 4.88 Å². The predicted molar refractivity (Wildman–Crippen MR) is 94.9 cm³/mol. The number of aryl methyl sites for hydroxylation is 2. The predicted octanol–water partition coefficient (Wildman–Crippen LogP) is 2.24. The average Bonchev–Trinajstić information content (AvgIpc) is 3.09. The molecule has 4 rings (SSSR count). The topological polar surface area (TPSA) is 59.5 Å². The molecule has 6 nitrogen and oxygen atoms in total. The summed E-state index contributed by atoms with van der Waals surface area (Å²) in [6, 6.07) is 4.08. The molecule has 0 unspecified atom stereocenters. The SMILES string of the molecule is Cc1nc(N2C[C@@H]3OCC(Nc4cccnc4)CO[C@H]3C2)sc1C. The summed E-state index contributed by atoms with van der Waals surface area (Å²) in [5, 5.41) is 4.51. The van der Waals surface area contributed by atoms with Gasteiger partial charge in [0.15, 0.2) is 5.13 Å². The van der Waals surface area contributed by atoms with Gasteiger partial charge in [-0.05, 0) is 26.0 Å². The third-order valence-corrected chi connectivity index (χ3v) is 5.69. The standard InChI is InChI=1S/C17H22N4O2S/c1-11-12(2)24-17(19-11)21-7-15-16(8-21)23-10-14(9-22-15)20-13-4-3-5-18-6-13/h3-6,14-16,20H,7-10H2,1-2H3/t15-,16-/m0/s1. The fraction of sp³-hybridized carbons (Fsp3) is 0.529. The fourth-order valence-electron chi connectivity index (χ4n) is 3.11. The van der Waals surface area contributed by atoms with E-state index in [0.29, 0.717) is 13.2 Å². The van der Waals surface area contributed by atoms with E-state index in [9.17, 15) is 0 Å². The summed E-state index contributed by atoms with van der Waals surface area (Å²) >= 11 is 1.75. The Labute approximate surface area is 145 Å². The molecule has 2 fully saturated rings. The smallest absolute Gasteiger partial charge is 0.185 e. The summed E-state index contributed by atoms with van der Waals surface area (Å²) in [5.41, 5.74) is 2.11. The highest BCUT2D eigenvalue weighted by Gasteiger charge is 2.38. The monoisotopic (exact) mass is 346 g/mol. The van der Waals surface area contributed by atoms with Gasteiger partial charge in [-0.25, -0.2) is 4.98 Å². The molecule has 0 aromatic carbocycles. The first kappa shape index (κ1) is 15.8. The van der Waals surface area contributed by atoms with E-state index in [4.69, 9.17) is 9.47 Å². The molecule has 2 aliphatic rings. The lowest BCUT2D eigenvalue weighted by atomic mass is 10.3. The Morgan fingerprint density at radius 3 is 2.54 bits per heavy atom. The average molecular weight is 346 g/mol. The molecular weight excluding hydrogens is 324 g/mol. The quantitative estimate of drug-likeness (QED) is 0.920. The normalized spacial score (nSPS) is 24.7. The second kappa shape index (κ2) is 6.66. The van der Waals surface area contributed by atoms with Crippen LogP contribution in [0, 0.1) is 13.8 Å². The number of nitrogens with one attached hydrogen (secondary N) is 1. The van der Waals surface area contributed by atoms with Crippen molar-refractivity contribution >= 4 is 22.2 Å². The van der Waals surface area contributed by atoms with Crippen LogP contribution >= 0.6 is 11.3 Å². The zero-order valence-electron chi connectivity index (χ0n) is 13.9. The Balaban J connectivity index is 1.37. The van der Waals surface area contributed by atoms with Crippen molar-refractivity contribution in [2.45, 2.75) is 32.1 Å². The van der Waals surface area contributed by atoms with Gasteiger partial charge in [-0.2, -0.15) is 0 Å². The molecule has 2 aromatic heterocycles. The van der Waals surface area contributed by atoms with E-state index < -0.39 is 0 Å². The second-order valence-electron chi connectivity index (χ2n) is 6.37. The first-order valence-electron chi connectivity index (χ1n) is 8.28. The number of pyridine rings is 1. The van der Waals surface area contributed by atoms with Crippen LogP contribution in [0.1, 0.15) is 10.6 Å². The lowest BCUT2D eigenvalue weighted by molar-refractivity contribution is -0.00461. The lowest BCUT2D eigenvalue weighted by Crippen LogP contribution is -2.31. The zero-order chi connectivity index (χ0) is 16.5. The number of aromatic nitrogens is 2. The van der Waals surface area contributed by atoms with Crippen molar-refractivity contribution in [1.82, 2.24) is 9.97 Å². The van der Waals surface area contributed by atoms with Gasteiger partial charge in [0.25, 0.3) is 0 Å². The molecule has 7 heteroatoms. The summed E-state index contributed by atoms with van der Waals surface area (Å²) in [6.45, 7) is 7.14. The molecular formula is C17H22N4O2S. The minimum Gasteiger partial charge on any atom is -0.376 e. The number of ether oxygens (including phenoxy) is 2. The summed E-state index contributed by atoms with van der Waals surface area (Å²) in [6.07, 6.45) is 3.80. The van der Waals surface area contributed by atoms with Gasteiger partial charge in [-0.15, -0.1) is 11.3 Å². The van der Waals surface area contributed by atoms with Crippen molar-refractivity contribution in [3.05, 3.63) is 35.1 Å². The van der Waals surface area contributed by atoms with Gasteiger partial charge in [0.05, 0.1) is 30.6 Å². The van der Waals surface area contributed by atoms with Crippen LogP contribution in [0.3, 0.4) is 0 Å². The number of fused-ring (bicyclic) bond motifs is 1. The van der Waals surface area contributed by atoms with Gasteiger partial charge in [-0.1, -0.05) is 0 Å². The van der Waals surface area contributed by atoms with Crippen LogP contribution in [0.25, 0.3) is 0 Å². The zero-order valence-corrected chi connectivity index (χ0v) is 14.8. The van der Waals surface area contributed by atoms with E-state index in [2.05, 4.69) is 34.0 Å². The van der Waals surface area contributed by atoms with Crippen LogP contribution in [0.4, 0.5) is 10.8 Å². The summed E-state index contributed by atoms with van der Waals surface area (Å²) in [4.78, 5) is 12.3. The van der Waals surface area contributed by atoms with E-state index in [-0.39, 0.29) is 18.2 Å². The molecule has 0 radical (unpaired) electrons. The number of anilines is 2. The van der Waals surface area contributed by atoms with Crippen molar-refractivity contribution in [3.63, 3.8) is 0 Å². The highest BCUT2D eigenvalue weighted by atomic mass is 32.1. The molecule has 128 valence electrons. The number of thiazole rings is 1. The van der Waals surface area contributed by atoms with Gasteiger partial charge in [0.1, 0.15) is 12.2 Å². The van der Waals surface area contributed by atoms with E-state index in [1.54, 1.807) is 17.5 Å². The molecule has 4 heterocycles. The maximum absolute atomic E-state index is 6.13. The molecule has 1 N–H and O–H groups in total. The fourth-order valence-corrected chi connectivity index (χ4v) is 4.03. The Bertz CT molecular complexity index is 658. The van der Waals surface area contributed by atoms with E-state index in [0.717, 1.165) is 29.6 Å². The van der Waals surface area contributed by atoms with E-state index >= 15 is 0 Å². The van der Waals surface area contributed by atoms with Gasteiger partial charge < -0.3 is 19.7 Å². The van der Waals surface area contributed by atoms with Crippen LogP contribution in [-0.4, -0.2) is 54.5 Å². The van der Waals surface area contributed by atoms with Crippen LogP contribution in [-0.2, 0) is 9.47 Å². The molecule has 0 amide bonds. The number of nitrogens with zero attached hydrogens (tertiary/aromatic N) is 3. The molecule has 2 atom stereocenters. The van der Waals surface area contributed by atoms with Crippen LogP contribution in [0.5, 0.6) is 0 Å². The summed E-state index contributed by atoms with van der Waals surface area (Å²) in [7, 11) is 0. The molecule has 24 heavy (non-hydrogen) atoms. The number of rotatable bonds is 3. The van der Waals surface area contributed by atoms with Gasteiger partial charge in [-0.3, -0.25) is 4.98 Å². The highest BCUT2D eigenvalue weighted by Crippen LogP contribution is 2.30.